The lowest BCUT2D eigenvalue weighted by molar-refractivity contribution is 0.597. The maximum Gasteiger partial charge on any atom is 0.285 e. The zero-order chi connectivity index (χ0) is 13.9. The molecule has 1 aromatic rings. The zero-order valence-corrected chi connectivity index (χ0v) is 11.7. The Morgan fingerprint density at radius 3 is 2.89 bits per heavy atom. The molecule has 0 amide bonds. The Morgan fingerprint density at radius 1 is 1.42 bits per heavy atom. The number of para-hydroxylation sites is 1. The van der Waals surface area contributed by atoms with Crippen LogP contribution in [0.5, 0.6) is 0 Å². The molecule has 0 unspecified atom stereocenters. The average molecular weight is 279 g/mol. The van der Waals surface area contributed by atoms with E-state index in [0.717, 1.165) is 12.1 Å². The molecule has 0 fully saturated rings. The minimum atomic E-state index is -3.55. The molecule has 1 aliphatic heterocycles. The molecule has 1 aliphatic rings. The molecule has 0 bridgehead atoms. The number of hydrogen-bond donors (Lipinski definition) is 1. The molecule has 0 atom stereocenters. The van der Waals surface area contributed by atoms with Gasteiger partial charge in [0.05, 0.1) is 5.69 Å². The largest absolute Gasteiger partial charge is 0.326 e. The van der Waals surface area contributed by atoms with Crippen LogP contribution in [0.2, 0.25) is 0 Å². The topological polar surface area (TPSA) is 61.8 Å². The van der Waals surface area contributed by atoms with E-state index in [1.54, 1.807) is 23.1 Å². The smallest absolute Gasteiger partial charge is 0.285 e. The Hall–Kier alpha value is -1.66. The van der Waals surface area contributed by atoms with Gasteiger partial charge in [0.15, 0.2) is 0 Å². The van der Waals surface area contributed by atoms with Crippen LogP contribution in [-0.4, -0.2) is 34.4 Å². The van der Waals surface area contributed by atoms with E-state index in [-0.39, 0.29) is 4.90 Å². The Kier molecular flexibility index (Phi) is 4.01. The maximum absolute atomic E-state index is 11.8. The van der Waals surface area contributed by atoms with Gasteiger partial charge in [0.2, 0.25) is 0 Å². The first-order chi connectivity index (χ1) is 9.04. The van der Waals surface area contributed by atoms with E-state index in [4.69, 9.17) is 0 Å². The van der Waals surface area contributed by atoms with Crippen LogP contribution in [0.1, 0.15) is 6.92 Å². The fourth-order valence-electron chi connectivity index (χ4n) is 1.88. The van der Waals surface area contributed by atoms with E-state index in [1.165, 1.54) is 6.34 Å². The highest BCUT2D eigenvalue weighted by Crippen LogP contribution is 2.29. The molecule has 19 heavy (non-hydrogen) atoms. The first kappa shape index (κ1) is 13.8. The van der Waals surface area contributed by atoms with Crippen molar-refractivity contribution >= 4 is 22.0 Å². The van der Waals surface area contributed by atoms with Crippen LogP contribution in [0.4, 0.5) is 5.69 Å². The Morgan fingerprint density at radius 2 is 2.16 bits per heavy atom. The summed E-state index contributed by atoms with van der Waals surface area (Å²) in [7, 11) is -3.55. The zero-order valence-electron chi connectivity index (χ0n) is 10.8. The van der Waals surface area contributed by atoms with E-state index in [2.05, 4.69) is 16.3 Å². The summed E-state index contributed by atoms with van der Waals surface area (Å²) >= 11 is 0. The lowest BCUT2D eigenvalue weighted by atomic mass is 10.2. The minimum absolute atomic E-state index is 0.244. The normalized spacial score (nSPS) is 16.2. The summed E-state index contributed by atoms with van der Waals surface area (Å²) in [5, 5.41) is 3.19. The van der Waals surface area contributed by atoms with Crippen molar-refractivity contribution in [1.29, 1.82) is 0 Å². The van der Waals surface area contributed by atoms with Crippen LogP contribution in [0.3, 0.4) is 0 Å². The molecule has 1 heterocycles. The first-order valence-electron chi connectivity index (χ1n) is 6.08. The fourth-order valence-corrected chi connectivity index (χ4v) is 2.93. The van der Waals surface area contributed by atoms with Crippen LogP contribution < -0.4 is 10.2 Å². The molecule has 1 aromatic carbocycles. The van der Waals surface area contributed by atoms with Crippen molar-refractivity contribution in [3.8, 4) is 0 Å². The number of benzene rings is 1. The van der Waals surface area contributed by atoms with Gasteiger partial charge in [-0.3, -0.25) is 0 Å². The summed E-state index contributed by atoms with van der Waals surface area (Å²) in [5.74, 6) is 0. The van der Waals surface area contributed by atoms with E-state index in [1.807, 2.05) is 13.0 Å². The summed E-state index contributed by atoms with van der Waals surface area (Å²) in [6, 6.07) is 6.86. The van der Waals surface area contributed by atoms with Gasteiger partial charge < -0.3 is 10.2 Å². The standard InChI is InChI=1S/C13H17N3O2S/c1-3-14-8-11(2)9-16-10-15-19(17,18)13-7-5-4-6-12(13)16/h4-7,10,14H,2-3,8-9H2,1H3. The predicted molar refractivity (Wildman–Crippen MR) is 77.1 cm³/mol. The van der Waals surface area contributed by atoms with E-state index in [9.17, 15) is 8.42 Å². The molecule has 5 nitrogen and oxygen atoms in total. The van der Waals surface area contributed by atoms with Crippen molar-refractivity contribution in [3.63, 3.8) is 0 Å². The van der Waals surface area contributed by atoms with Crippen LogP contribution in [-0.2, 0) is 10.0 Å². The van der Waals surface area contributed by atoms with Crippen LogP contribution >= 0.6 is 0 Å². The molecular weight excluding hydrogens is 262 g/mol. The Labute approximate surface area is 113 Å². The number of anilines is 1. The molecule has 0 spiro atoms. The maximum atomic E-state index is 11.8. The Bertz CT molecular complexity index is 608. The third-order valence-corrected chi connectivity index (χ3v) is 4.07. The van der Waals surface area contributed by atoms with Gasteiger partial charge in [0.1, 0.15) is 11.2 Å². The van der Waals surface area contributed by atoms with Gasteiger partial charge in [-0.1, -0.05) is 25.6 Å². The quantitative estimate of drug-likeness (QED) is 0.827. The number of fused-ring (bicyclic) bond motifs is 1. The highest BCUT2D eigenvalue weighted by molar-refractivity contribution is 7.90. The molecule has 0 saturated carbocycles. The van der Waals surface area contributed by atoms with Crippen LogP contribution in [0.15, 0.2) is 45.7 Å². The van der Waals surface area contributed by atoms with Gasteiger partial charge in [-0.25, -0.2) is 0 Å². The van der Waals surface area contributed by atoms with E-state index < -0.39 is 10.0 Å². The molecular formula is C13H17N3O2S. The molecule has 0 radical (unpaired) electrons. The Balaban J connectivity index is 2.23. The van der Waals surface area contributed by atoms with Crippen molar-refractivity contribution in [2.45, 2.75) is 11.8 Å². The lowest BCUT2D eigenvalue weighted by Crippen LogP contribution is -2.31. The minimum Gasteiger partial charge on any atom is -0.326 e. The number of hydrogen-bond acceptors (Lipinski definition) is 4. The highest BCUT2D eigenvalue weighted by atomic mass is 32.2. The number of nitrogens with one attached hydrogen (secondary N) is 1. The van der Waals surface area contributed by atoms with Crippen molar-refractivity contribution < 1.29 is 8.42 Å². The highest BCUT2D eigenvalue weighted by Gasteiger charge is 2.24. The number of nitrogens with zero attached hydrogens (tertiary/aromatic N) is 2. The molecule has 0 aliphatic carbocycles. The summed E-state index contributed by atoms with van der Waals surface area (Å²) in [6.07, 6.45) is 1.36. The second kappa shape index (κ2) is 5.54. The summed E-state index contributed by atoms with van der Waals surface area (Å²) in [4.78, 5) is 2.05. The van der Waals surface area contributed by atoms with Gasteiger partial charge >= 0.3 is 0 Å². The summed E-state index contributed by atoms with van der Waals surface area (Å²) in [6.45, 7) is 8.13. The molecule has 6 heteroatoms. The van der Waals surface area contributed by atoms with Crippen LogP contribution in [0, 0.1) is 0 Å². The van der Waals surface area contributed by atoms with Gasteiger partial charge in [0, 0.05) is 13.1 Å². The number of rotatable bonds is 5. The van der Waals surface area contributed by atoms with E-state index >= 15 is 0 Å². The van der Waals surface area contributed by atoms with Crippen molar-refractivity contribution in [3.05, 3.63) is 36.4 Å². The fraction of sp³-hybridized carbons (Fsp3) is 0.308. The number of likely N-dealkylation sites (N-methyl/N-ethyl adjacent to an activating group) is 1. The van der Waals surface area contributed by atoms with Crippen LogP contribution in [0.25, 0.3) is 0 Å². The molecule has 2 rings (SSSR count). The molecule has 0 aromatic heterocycles. The second-order valence-electron chi connectivity index (χ2n) is 4.32. The monoisotopic (exact) mass is 279 g/mol. The second-order valence-corrected chi connectivity index (χ2v) is 5.92. The molecule has 1 N–H and O–H groups in total. The predicted octanol–water partition coefficient (Wildman–Crippen LogP) is 1.39. The van der Waals surface area contributed by atoms with Gasteiger partial charge in [0.25, 0.3) is 10.0 Å². The summed E-state index contributed by atoms with van der Waals surface area (Å²) < 4.78 is 27.3. The summed E-state index contributed by atoms with van der Waals surface area (Å²) in [5.41, 5.74) is 1.62. The molecule has 0 saturated heterocycles. The van der Waals surface area contributed by atoms with Gasteiger partial charge in [-0.05, 0) is 24.3 Å². The van der Waals surface area contributed by atoms with Crippen molar-refractivity contribution in [2.24, 2.45) is 4.40 Å². The average Bonchev–Trinajstić information content (AvgIpc) is 2.40. The third-order valence-electron chi connectivity index (χ3n) is 2.80. The number of sulfonamides is 1. The van der Waals surface area contributed by atoms with Gasteiger partial charge in [-0.15, -0.1) is 4.40 Å². The lowest BCUT2D eigenvalue weighted by Gasteiger charge is -2.25. The van der Waals surface area contributed by atoms with Crippen molar-refractivity contribution in [2.75, 3.05) is 24.5 Å². The third kappa shape index (κ3) is 3.02. The first-order valence-corrected chi connectivity index (χ1v) is 7.52. The van der Waals surface area contributed by atoms with Gasteiger partial charge in [-0.2, -0.15) is 8.42 Å². The van der Waals surface area contributed by atoms with E-state index in [0.29, 0.717) is 18.8 Å². The molecule has 102 valence electrons. The SMILES string of the molecule is C=C(CNCC)CN1C=NS(=O)(=O)c2ccccc21. The van der Waals surface area contributed by atoms with Crippen molar-refractivity contribution in [1.82, 2.24) is 5.32 Å².